The minimum atomic E-state index is -0.000215. The molecule has 1 amide bonds. The summed E-state index contributed by atoms with van der Waals surface area (Å²) in [5.41, 5.74) is 2.12. The Balaban J connectivity index is 1.77. The van der Waals surface area contributed by atoms with Crippen LogP contribution in [0.3, 0.4) is 0 Å². The lowest BCUT2D eigenvalue weighted by Crippen LogP contribution is -2.47. The van der Waals surface area contributed by atoms with E-state index in [9.17, 15) is 4.79 Å². The molecule has 4 nitrogen and oxygen atoms in total. The van der Waals surface area contributed by atoms with Crippen molar-refractivity contribution in [2.75, 3.05) is 6.54 Å². The molecule has 3 rings (SSSR count). The molecule has 23 heavy (non-hydrogen) atoms. The zero-order valence-corrected chi connectivity index (χ0v) is 14.1. The fourth-order valence-electron chi connectivity index (χ4n) is 3.22. The number of piperidine rings is 1. The number of amides is 1. The SMILES string of the molecule is CC(C)c1cc(CN2C[C@@](C)(c3ccccc3)CCC2=O)no1. The minimum absolute atomic E-state index is 0.000215. The first-order valence-electron chi connectivity index (χ1n) is 8.27. The van der Waals surface area contributed by atoms with Crippen molar-refractivity contribution in [1.29, 1.82) is 0 Å². The van der Waals surface area contributed by atoms with Crippen LogP contribution in [0.4, 0.5) is 0 Å². The molecule has 1 aliphatic rings. The number of likely N-dealkylation sites (tertiary alicyclic amines) is 1. The van der Waals surface area contributed by atoms with Gasteiger partial charge in [0.2, 0.25) is 5.91 Å². The number of hydrogen-bond acceptors (Lipinski definition) is 3. The van der Waals surface area contributed by atoms with E-state index in [1.54, 1.807) is 0 Å². The van der Waals surface area contributed by atoms with Crippen molar-refractivity contribution < 1.29 is 9.32 Å². The van der Waals surface area contributed by atoms with Crippen molar-refractivity contribution >= 4 is 5.91 Å². The molecule has 0 aliphatic carbocycles. The molecule has 0 N–H and O–H groups in total. The van der Waals surface area contributed by atoms with E-state index < -0.39 is 0 Å². The van der Waals surface area contributed by atoms with Gasteiger partial charge in [0, 0.05) is 30.4 Å². The van der Waals surface area contributed by atoms with Gasteiger partial charge in [0.15, 0.2) is 0 Å². The highest BCUT2D eigenvalue weighted by Gasteiger charge is 2.36. The van der Waals surface area contributed by atoms with Gasteiger partial charge in [0.25, 0.3) is 0 Å². The van der Waals surface area contributed by atoms with Crippen LogP contribution in [0.1, 0.15) is 56.5 Å². The van der Waals surface area contributed by atoms with E-state index in [0.717, 1.165) is 24.4 Å². The number of carbonyl (C=O) groups excluding carboxylic acids is 1. The highest BCUT2D eigenvalue weighted by atomic mass is 16.5. The summed E-state index contributed by atoms with van der Waals surface area (Å²) in [5.74, 6) is 1.38. The predicted molar refractivity (Wildman–Crippen MR) is 89.0 cm³/mol. The average molecular weight is 312 g/mol. The summed E-state index contributed by atoms with van der Waals surface area (Å²) in [6.45, 7) is 7.63. The molecule has 1 aromatic carbocycles. The van der Waals surface area contributed by atoms with Crippen molar-refractivity contribution in [1.82, 2.24) is 10.1 Å². The van der Waals surface area contributed by atoms with Gasteiger partial charge in [-0.25, -0.2) is 0 Å². The van der Waals surface area contributed by atoms with Crippen LogP contribution in [0.2, 0.25) is 0 Å². The first-order chi connectivity index (χ1) is 11.0. The molecule has 2 aromatic rings. The van der Waals surface area contributed by atoms with Gasteiger partial charge >= 0.3 is 0 Å². The van der Waals surface area contributed by atoms with Crippen LogP contribution in [0.5, 0.6) is 0 Å². The maximum absolute atomic E-state index is 12.3. The Morgan fingerprint density at radius 1 is 1.30 bits per heavy atom. The number of rotatable bonds is 4. The van der Waals surface area contributed by atoms with Crippen LogP contribution in [-0.2, 0) is 16.8 Å². The van der Waals surface area contributed by atoms with Gasteiger partial charge in [-0.1, -0.05) is 56.3 Å². The molecule has 0 radical (unpaired) electrons. The molecule has 0 bridgehead atoms. The number of carbonyl (C=O) groups is 1. The van der Waals surface area contributed by atoms with Crippen LogP contribution in [-0.4, -0.2) is 22.5 Å². The zero-order valence-electron chi connectivity index (χ0n) is 14.1. The van der Waals surface area contributed by atoms with E-state index in [2.05, 4.69) is 50.2 Å². The molecule has 1 atom stereocenters. The third-order valence-electron chi connectivity index (χ3n) is 4.75. The Labute approximate surface area is 137 Å². The molecule has 122 valence electrons. The van der Waals surface area contributed by atoms with Crippen LogP contribution in [0, 0.1) is 0 Å². The Morgan fingerprint density at radius 2 is 2.04 bits per heavy atom. The van der Waals surface area contributed by atoms with Crippen molar-refractivity contribution in [2.24, 2.45) is 0 Å². The van der Waals surface area contributed by atoms with Gasteiger partial charge in [0.1, 0.15) is 11.5 Å². The summed E-state index contributed by atoms with van der Waals surface area (Å²) < 4.78 is 5.35. The molecule has 2 heterocycles. The highest BCUT2D eigenvalue weighted by molar-refractivity contribution is 5.77. The Kier molecular flexibility index (Phi) is 4.24. The predicted octanol–water partition coefficient (Wildman–Crippen LogP) is 3.88. The van der Waals surface area contributed by atoms with Crippen molar-refractivity contribution in [3.63, 3.8) is 0 Å². The Hall–Kier alpha value is -2.10. The molecular weight excluding hydrogens is 288 g/mol. The topological polar surface area (TPSA) is 46.3 Å². The fraction of sp³-hybridized carbons (Fsp3) is 0.474. The summed E-state index contributed by atoms with van der Waals surface area (Å²) in [6, 6.07) is 12.4. The lowest BCUT2D eigenvalue weighted by molar-refractivity contribution is -0.136. The molecule has 0 spiro atoms. The molecule has 1 aromatic heterocycles. The fourth-order valence-corrected chi connectivity index (χ4v) is 3.22. The second kappa shape index (κ2) is 6.19. The van der Waals surface area contributed by atoms with Crippen molar-refractivity contribution in [3.05, 3.63) is 53.4 Å². The van der Waals surface area contributed by atoms with Crippen LogP contribution in [0.25, 0.3) is 0 Å². The van der Waals surface area contributed by atoms with E-state index >= 15 is 0 Å². The quantitative estimate of drug-likeness (QED) is 0.860. The second-order valence-corrected chi connectivity index (χ2v) is 7.05. The Morgan fingerprint density at radius 3 is 2.70 bits per heavy atom. The maximum atomic E-state index is 12.3. The lowest BCUT2D eigenvalue weighted by Gasteiger charge is -2.40. The molecule has 0 unspecified atom stereocenters. The molecule has 4 heteroatoms. The van der Waals surface area contributed by atoms with Gasteiger partial charge in [-0.2, -0.15) is 0 Å². The van der Waals surface area contributed by atoms with Gasteiger partial charge in [-0.3, -0.25) is 4.79 Å². The van der Waals surface area contributed by atoms with E-state index in [-0.39, 0.29) is 11.3 Å². The number of aromatic nitrogens is 1. The van der Waals surface area contributed by atoms with E-state index in [1.165, 1.54) is 5.56 Å². The van der Waals surface area contributed by atoms with Crippen LogP contribution in [0.15, 0.2) is 40.9 Å². The van der Waals surface area contributed by atoms with Gasteiger partial charge < -0.3 is 9.42 Å². The molecule has 1 saturated heterocycles. The molecular formula is C19H24N2O2. The normalized spacial score (nSPS) is 21.9. The van der Waals surface area contributed by atoms with E-state index in [1.807, 2.05) is 17.0 Å². The summed E-state index contributed by atoms with van der Waals surface area (Å²) in [7, 11) is 0. The molecule has 0 saturated carbocycles. The third kappa shape index (κ3) is 3.31. The van der Waals surface area contributed by atoms with Crippen molar-refractivity contribution in [3.8, 4) is 0 Å². The van der Waals surface area contributed by atoms with Gasteiger partial charge in [-0.05, 0) is 12.0 Å². The summed E-state index contributed by atoms with van der Waals surface area (Å²) in [4.78, 5) is 14.2. The number of benzene rings is 1. The average Bonchev–Trinajstić information content (AvgIpc) is 3.01. The summed E-state index contributed by atoms with van der Waals surface area (Å²) in [6.07, 6.45) is 1.47. The lowest BCUT2D eigenvalue weighted by atomic mass is 9.75. The Bertz CT molecular complexity index is 678. The zero-order chi connectivity index (χ0) is 16.4. The molecule has 1 fully saturated rings. The smallest absolute Gasteiger partial charge is 0.222 e. The highest BCUT2D eigenvalue weighted by Crippen LogP contribution is 2.34. The largest absolute Gasteiger partial charge is 0.361 e. The molecule has 1 aliphatic heterocycles. The van der Waals surface area contributed by atoms with Crippen molar-refractivity contribution in [2.45, 2.75) is 51.5 Å². The maximum Gasteiger partial charge on any atom is 0.222 e. The first kappa shape index (κ1) is 15.8. The number of hydrogen-bond donors (Lipinski definition) is 0. The first-order valence-corrected chi connectivity index (χ1v) is 8.27. The van der Waals surface area contributed by atoms with E-state index in [4.69, 9.17) is 4.52 Å². The second-order valence-electron chi connectivity index (χ2n) is 7.05. The van der Waals surface area contributed by atoms with Gasteiger partial charge in [-0.15, -0.1) is 0 Å². The third-order valence-corrected chi connectivity index (χ3v) is 4.75. The van der Waals surface area contributed by atoms with E-state index in [0.29, 0.717) is 18.9 Å². The summed E-state index contributed by atoms with van der Waals surface area (Å²) >= 11 is 0. The minimum Gasteiger partial charge on any atom is -0.361 e. The number of nitrogens with zero attached hydrogens (tertiary/aromatic N) is 2. The van der Waals surface area contributed by atoms with Gasteiger partial charge in [0.05, 0.1) is 6.54 Å². The van der Waals surface area contributed by atoms with Crippen LogP contribution >= 0.6 is 0 Å². The standard InChI is InChI=1S/C19H24N2O2/c1-14(2)17-11-16(20-23-17)12-21-13-19(3,10-9-18(21)22)15-7-5-4-6-8-15/h4-8,11,14H,9-10,12-13H2,1-3H3/t19-/m0/s1. The summed E-state index contributed by atoms with van der Waals surface area (Å²) in [5, 5.41) is 4.12. The van der Waals surface area contributed by atoms with Crippen LogP contribution < -0.4 is 0 Å². The monoisotopic (exact) mass is 312 g/mol.